The van der Waals surface area contributed by atoms with E-state index in [4.69, 9.17) is 5.11 Å². The van der Waals surface area contributed by atoms with E-state index in [2.05, 4.69) is 5.73 Å². The van der Waals surface area contributed by atoms with Crippen molar-refractivity contribution in [1.82, 2.24) is 0 Å². The Kier molecular flexibility index (Phi) is 2.88. The van der Waals surface area contributed by atoms with Crippen LogP contribution in [-0.2, 0) is 0 Å². The molecule has 3 N–H and O–H groups in total. The number of aliphatic hydroxyl groups is 1. The summed E-state index contributed by atoms with van der Waals surface area (Å²) < 4.78 is 0. The lowest BCUT2D eigenvalue weighted by atomic mass is 11.5. The van der Waals surface area contributed by atoms with E-state index >= 15 is 0 Å². The largest absolute Gasteiger partial charge is 0.385 e. The van der Waals surface area contributed by atoms with Crippen molar-refractivity contribution in [3.8, 4) is 0 Å². The van der Waals surface area contributed by atoms with Crippen molar-refractivity contribution in [3.63, 3.8) is 0 Å². The molecule has 0 aromatic heterocycles. The Morgan fingerprint density at radius 3 is 2.50 bits per heavy atom. The van der Waals surface area contributed by atoms with Gasteiger partial charge in [-0.1, -0.05) is 0 Å². The molecule has 1 amide bonds. The Bertz CT molecular complexity index is 55.5. The van der Waals surface area contributed by atoms with Crippen molar-refractivity contribution in [1.29, 1.82) is 0 Å². The lowest BCUT2D eigenvalue weighted by Crippen LogP contribution is -2.02. The van der Waals surface area contributed by atoms with Crippen molar-refractivity contribution in [2.45, 2.75) is 0 Å². The first-order chi connectivity index (χ1) is 2.77. The van der Waals surface area contributed by atoms with Crippen LogP contribution in [0.5, 0.6) is 0 Å². The van der Waals surface area contributed by atoms with Crippen LogP contribution < -0.4 is 5.73 Å². The van der Waals surface area contributed by atoms with Gasteiger partial charge in [0.15, 0.2) is 0 Å². The minimum absolute atomic E-state index is 0.227. The molecule has 0 atom stereocenters. The molecule has 36 valence electrons. The van der Waals surface area contributed by atoms with Crippen molar-refractivity contribution in [2.75, 3.05) is 5.94 Å². The van der Waals surface area contributed by atoms with Crippen LogP contribution in [0.4, 0.5) is 4.79 Å². The van der Waals surface area contributed by atoms with Crippen molar-refractivity contribution >= 4 is 17.0 Å². The number of thioether (sulfide) groups is 1. The Balaban J connectivity index is 2.83. The summed E-state index contributed by atoms with van der Waals surface area (Å²) in [5, 5.41) is 7.35. The second-order valence-electron chi connectivity index (χ2n) is 0.592. The molecule has 0 heterocycles. The Labute approximate surface area is 39.5 Å². The molecule has 4 heteroatoms. The van der Waals surface area contributed by atoms with E-state index in [9.17, 15) is 4.79 Å². The van der Waals surface area contributed by atoms with Crippen molar-refractivity contribution in [2.24, 2.45) is 5.73 Å². The monoisotopic (exact) mass is 107 g/mol. The van der Waals surface area contributed by atoms with Crippen LogP contribution in [-0.4, -0.2) is 16.3 Å². The second kappa shape index (κ2) is 2.99. The lowest BCUT2D eigenvalue weighted by Gasteiger charge is -1.81. The molecule has 3 nitrogen and oxygen atoms in total. The summed E-state index contributed by atoms with van der Waals surface area (Å²) in [5.74, 6) is -0.227. The molecule has 0 saturated carbocycles. The van der Waals surface area contributed by atoms with E-state index in [-0.39, 0.29) is 5.94 Å². The van der Waals surface area contributed by atoms with Gasteiger partial charge in [-0.05, 0) is 11.8 Å². The van der Waals surface area contributed by atoms with Gasteiger partial charge in [-0.2, -0.15) is 0 Å². The van der Waals surface area contributed by atoms with E-state index < -0.39 is 5.24 Å². The number of hydrogen-bond donors (Lipinski definition) is 2. The number of primary amides is 1. The highest BCUT2D eigenvalue weighted by atomic mass is 32.2. The average molecular weight is 107 g/mol. The van der Waals surface area contributed by atoms with Crippen LogP contribution in [0.3, 0.4) is 0 Å². The molecule has 6 heavy (non-hydrogen) atoms. The summed E-state index contributed by atoms with van der Waals surface area (Å²) in [6.45, 7) is 0. The molecule has 0 rings (SSSR count). The molecule has 0 aliphatic rings. The van der Waals surface area contributed by atoms with Crippen LogP contribution in [0.25, 0.3) is 0 Å². The summed E-state index contributed by atoms with van der Waals surface area (Å²) in [7, 11) is 0. The lowest BCUT2D eigenvalue weighted by molar-refractivity contribution is 0.266. The Morgan fingerprint density at radius 2 is 2.50 bits per heavy atom. The fourth-order valence-corrected chi connectivity index (χ4v) is 0.191. The number of carbonyl (C=O) groups is 1. The van der Waals surface area contributed by atoms with Crippen LogP contribution in [0.1, 0.15) is 0 Å². The van der Waals surface area contributed by atoms with Gasteiger partial charge in [0, 0.05) is 0 Å². The molecule has 0 aliphatic carbocycles. The van der Waals surface area contributed by atoms with Crippen molar-refractivity contribution in [3.05, 3.63) is 0 Å². The topological polar surface area (TPSA) is 63.3 Å². The van der Waals surface area contributed by atoms with Gasteiger partial charge in [-0.15, -0.1) is 0 Å². The van der Waals surface area contributed by atoms with E-state index in [0.717, 1.165) is 0 Å². The maximum Gasteiger partial charge on any atom is 0.278 e. The first kappa shape index (κ1) is 5.78. The molecule has 0 aromatic carbocycles. The highest BCUT2D eigenvalue weighted by molar-refractivity contribution is 8.13. The maximum absolute atomic E-state index is 9.62. The van der Waals surface area contributed by atoms with E-state index in [1.807, 2.05) is 0 Å². The maximum atomic E-state index is 9.62. The molecule has 0 radical (unpaired) electrons. The zero-order valence-electron chi connectivity index (χ0n) is 3.05. The van der Waals surface area contributed by atoms with Gasteiger partial charge in [0.05, 0.1) is 5.94 Å². The number of hydrogen-bond acceptors (Lipinski definition) is 3. The van der Waals surface area contributed by atoms with Crippen LogP contribution in [0, 0.1) is 0 Å². The van der Waals surface area contributed by atoms with Gasteiger partial charge in [0.25, 0.3) is 5.24 Å². The minimum Gasteiger partial charge on any atom is -0.385 e. The molecule has 0 saturated heterocycles. The van der Waals surface area contributed by atoms with Gasteiger partial charge >= 0.3 is 0 Å². The molecule has 0 fully saturated rings. The number of rotatable bonds is 1. The predicted octanol–water partition coefficient (Wildman–Crippen LogP) is -0.252. The smallest absolute Gasteiger partial charge is 0.278 e. The third kappa shape index (κ3) is 3.78. The van der Waals surface area contributed by atoms with Gasteiger partial charge in [0.2, 0.25) is 0 Å². The molecule has 0 unspecified atom stereocenters. The predicted molar refractivity (Wildman–Crippen MR) is 24.3 cm³/mol. The molecule has 0 bridgehead atoms. The standard InChI is InChI=1S/C2H5NO2S/c3-2(5)6-1-4/h4H,1H2,(H2,3,5). The van der Waals surface area contributed by atoms with E-state index in [1.165, 1.54) is 0 Å². The van der Waals surface area contributed by atoms with Gasteiger partial charge < -0.3 is 10.8 Å². The quantitative estimate of drug-likeness (QED) is 0.454. The van der Waals surface area contributed by atoms with E-state index in [0.29, 0.717) is 11.8 Å². The SMILES string of the molecule is NC(=O)SCO. The fraction of sp³-hybridized carbons (Fsp3) is 0.500. The Morgan fingerprint density at radius 1 is 2.00 bits per heavy atom. The highest BCUT2D eigenvalue weighted by Crippen LogP contribution is 1.92. The summed E-state index contributed by atoms with van der Waals surface area (Å²) in [4.78, 5) is 9.62. The fourth-order valence-electron chi connectivity index (χ4n) is 0.0636. The van der Waals surface area contributed by atoms with Crippen LogP contribution in [0.2, 0.25) is 0 Å². The average Bonchev–Trinajstić information content (AvgIpc) is 1.35. The van der Waals surface area contributed by atoms with Crippen LogP contribution >= 0.6 is 11.8 Å². The zero-order valence-corrected chi connectivity index (χ0v) is 3.86. The number of amides is 1. The summed E-state index contributed by atoms with van der Waals surface area (Å²) in [6.07, 6.45) is 0. The van der Waals surface area contributed by atoms with Gasteiger partial charge in [0.1, 0.15) is 0 Å². The molecule has 0 aliphatic heterocycles. The first-order valence-corrected chi connectivity index (χ1v) is 2.29. The zero-order chi connectivity index (χ0) is 4.99. The van der Waals surface area contributed by atoms with Crippen LogP contribution in [0.15, 0.2) is 0 Å². The van der Waals surface area contributed by atoms with Gasteiger partial charge in [-0.3, -0.25) is 4.79 Å². The van der Waals surface area contributed by atoms with E-state index in [1.54, 1.807) is 0 Å². The Hall–Kier alpha value is -0.220. The van der Waals surface area contributed by atoms with Gasteiger partial charge in [-0.25, -0.2) is 0 Å². The highest BCUT2D eigenvalue weighted by Gasteiger charge is 1.86. The molecule has 0 aromatic rings. The summed E-state index contributed by atoms with van der Waals surface area (Å²) in [6, 6.07) is 0. The summed E-state index contributed by atoms with van der Waals surface area (Å²) in [5.41, 5.74) is 4.57. The van der Waals surface area contributed by atoms with Crippen molar-refractivity contribution < 1.29 is 9.90 Å². The second-order valence-corrected chi connectivity index (χ2v) is 1.54. The summed E-state index contributed by atoms with van der Waals surface area (Å²) >= 11 is 0.681. The molecule has 0 spiro atoms. The third-order valence-electron chi connectivity index (χ3n) is 0.207. The molecular formula is C2H5NO2S. The number of carbonyl (C=O) groups excluding carboxylic acids is 1. The normalized spacial score (nSPS) is 8.17. The first-order valence-electron chi connectivity index (χ1n) is 1.30. The molecular weight excluding hydrogens is 102 g/mol. The number of aliphatic hydroxyl groups excluding tert-OH is 1. The number of nitrogens with two attached hydrogens (primary N) is 1. The third-order valence-corrected chi connectivity index (χ3v) is 0.620. The minimum atomic E-state index is -0.544.